The molecule has 0 radical (unpaired) electrons. The van der Waals surface area contributed by atoms with Crippen LogP contribution in [-0.2, 0) is 4.74 Å². The average Bonchev–Trinajstić information content (AvgIpc) is 2.18. The van der Waals surface area contributed by atoms with Gasteiger partial charge >= 0.3 is 0 Å². The number of ether oxygens (including phenoxy) is 1. The highest BCUT2D eigenvalue weighted by Crippen LogP contribution is 2.12. The van der Waals surface area contributed by atoms with Gasteiger partial charge in [0.2, 0.25) is 0 Å². The molecule has 15 heavy (non-hydrogen) atoms. The lowest BCUT2D eigenvalue weighted by molar-refractivity contribution is -0.385. The van der Waals surface area contributed by atoms with Crippen molar-refractivity contribution in [3.63, 3.8) is 0 Å². The van der Waals surface area contributed by atoms with Crippen molar-refractivity contribution in [3.05, 3.63) is 28.4 Å². The molecule has 0 aliphatic rings. The fraction of sp³-hybridized carbons (Fsp3) is 0.444. The van der Waals surface area contributed by atoms with Crippen molar-refractivity contribution in [2.24, 2.45) is 0 Å². The molecule has 0 aliphatic carbocycles. The number of anilines is 1. The Morgan fingerprint density at radius 1 is 1.67 bits per heavy atom. The quantitative estimate of drug-likeness (QED) is 0.589. The highest BCUT2D eigenvalue weighted by molar-refractivity contribution is 5.40. The summed E-state index contributed by atoms with van der Waals surface area (Å²) in [5, 5.41) is 13.4. The van der Waals surface area contributed by atoms with Crippen LogP contribution in [0.25, 0.3) is 0 Å². The predicted molar refractivity (Wildman–Crippen MR) is 55.9 cm³/mol. The van der Waals surface area contributed by atoms with E-state index in [1.807, 2.05) is 6.92 Å². The Labute approximate surface area is 87.4 Å². The molecule has 1 rings (SSSR count). The van der Waals surface area contributed by atoms with Gasteiger partial charge in [0, 0.05) is 19.2 Å². The van der Waals surface area contributed by atoms with Crippen LogP contribution in [-0.4, -0.2) is 29.7 Å². The lowest BCUT2D eigenvalue weighted by Gasteiger charge is -2.12. The zero-order valence-electron chi connectivity index (χ0n) is 8.64. The van der Waals surface area contributed by atoms with E-state index in [2.05, 4.69) is 10.3 Å². The lowest BCUT2D eigenvalue weighted by atomic mass is 10.3. The molecular weight excluding hydrogens is 198 g/mol. The van der Waals surface area contributed by atoms with Crippen LogP contribution in [0.1, 0.15) is 6.92 Å². The van der Waals surface area contributed by atoms with Crippen molar-refractivity contribution in [1.29, 1.82) is 0 Å². The molecule has 0 bridgehead atoms. The maximum absolute atomic E-state index is 10.4. The Kier molecular flexibility index (Phi) is 3.99. The first-order valence-corrected chi connectivity index (χ1v) is 4.49. The maximum Gasteiger partial charge on any atom is 0.287 e. The topological polar surface area (TPSA) is 77.3 Å². The van der Waals surface area contributed by atoms with E-state index in [4.69, 9.17) is 4.74 Å². The number of nitrogens with one attached hydrogen (secondary N) is 1. The van der Waals surface area contributed by atoms with Gasteiger partial charge < -0.3 is 10.1 Å². The highest BCUT2D eigenvalue weighted by Gasteiger charge is 2.06. The molecule has 0 saturated heterocycles. The van der Waals surface area contributed by atoms with Crippen molar-refractivity contribution in [1.82, 2.24) is 4.98 Å². The molecule has 0 aliphatic heterocycles. The maximum atomic E-state index is 10.4. The van der Waals surface area contributed by atoms with Gasteiger partial charge in [-0.15, -0.1) is 0 Å². The fourth-order valence-electron chi connectivity index (χ4n) is 1.12. The Balaban J connectivity index is 2.60. The zero-order chi connectivity index (χ0) is 11.3. The zero-order valence-corrected chi connectivity index (χ0v) is 8.64. The van der Waals surface area contributed by atoms with E-state index in [1.165, 1.54) is 12.3 Å². The third-order valence-electron chi connectivity index (χ3n) is 1.77. The third-order valence-corrected chi connectivity index (χ3v) is 1.77. The third kappa shape index (κ3) is 3.51. The minimum atomic E-state index is -0.477. The Morgan fingerprint density at radius 3 is 2.87 bits per heavy atom. The molecule has 0 aromatic carbocycles. The van der Waals surface area contributed by atoms with Crippen molar-refractivity contribution >= 4 is 11.5 Å². The summed E-state index contributed by atoms with van der Waals surface area (Å²) in [5.41, 5.74) is -0.0139. The summed E-state index contributed by atoms with van der Waals surface area (Å²) in [6.07, 6.45) is 1.22. The van der Waals surface area contributed by atoms with Crippen molar-refractivity contribution in [2.75, 3.05) is 19.0 Å². The van der Waals surface area contributed by atoms with E-state index in [0.29, 0.717) is 12.4 Å². The van der Waals surface area contributed by atoms with E-state index in [1.54, 1.807) is 13.2 Å². The van der Waals surface area contributed by atoms with Crippen molar-refractivity contribution in [2.45, 2.75) is 13.0 Å². The van der Waals surface area contributed by atoms with Gasteiger partial charge in [0.15, 0.2) is 0 Å². The van der Waals surface area contributed by atoms with Crippen LogP contribution in [0, 0.1) is 10.1 Å². The largest absolute Gasteiger partial charge is 0.383 e. The van der Waals surface area contributed by atoms with Crippen LogP contribution in [0.2, 0.25) is 0 Å². The highest BCUT2D eigenvalue weighted by atomic mass is 16.6. The summed E-state index contributed by atoms with van der Waals surface area (Å²) in [6.45, 7) is 2.49. The molecule has 1 unspecified atom stereocenters. The minimum absolute atomic E-state index is 0.0139. The number of aromatic nitrogens is 1. The average molecular weight is 211 g/mol. The summed E-state index contributed by atoms with van der Waals surface area (Å²) in [7, 11) is 1.61. The number of hydrogen-bond acceptors (Lipinski definition) is 5. The standard InChI is InChI=1S/C9H13N3O3/c1-7(6-15-2)11-9-4-3-8(5-10-9)12(13)14/h3-5,7H,6H2,1-2H3,(H,10,11). The van der Waals surface area contributed by atoms with Crippen molar-refractivity contribution < 1.29 is 9.66 Å². The first-order valence-electron chi connectivity index (χ1n) is 4.49. The summed E-state index contributed by atoms with van der Waals surface area (Å²) in [6, 6.07) is 3.10. The van der Waals surface area contributed by atoms with Crippen LogP contribution < -0.4 is 5.32 Å². The van der Waals surface area contributed by atoms with Gasteiger partial charge in [-0.1, -0.05) is 0 Å². The van der Waals surface area contributed by atoms with Gasteiger partial charge in [-0.25, -0.2) is 4.98 Å². The second-order valence-electron chi connectivity index (χ2n) is 3.16. The fourth-order valence-corrected chi connectivity index (χ4v) is 1.12. The second kappa shape index (κ2) is 5.26. The molecule has 1 aromatic heterocycles. The molecule has 1 aromatic rings. The van der Waals surface area contributed by atoms with E-state index >= 15 is 0 Å². The number of hydrogen-bond donors (Lipinski definition) is 1. The van der Waals surface area contributed by atoms with E-state index in [-0.39, 0.29) is 11.7 Å². The van der Waals surface area contributed by atoms with Gasteiger partial charge in [-0.3, -0.25) is 10.1 Å². The first kappa shape index (κ1) is 11.4. The molecule has 1 atom stereocenters. The Hall–Kier alpha value is -1.69. The number of nitrogens with zero attached hydrogens (tertiary/aromatic N) is 2. The molecule has 0 saturated carbocycles. The van der Waals surface area contributed by atoms with E-state index < -0.39 is 4.92 Å². The molecule has 0 spiro atoms. The molecule has 0 amide bonds. The summed E-state index contributed by atoms with van der Waals surface area (Å²) < 4.78 is 4.94. The number of rotatable bonds is 5. The summed E-state index contributed by atoms with van der Waals surface area (Å²) in [4.78, 5) is 13.8. The first-order chi connectivity index (χ1) is 7.13. The van der Waals surface area contributed by atoms with Gasteiger partial charge in [0.25, 0.3) is 5.69 Å². The van der Waals surface area contributed by atoms with Crippen LogP contribution in [0.5, 0.6) is 0 Å². The smallest absolute Gasteiger partial charge is 0.287 e. The van der Waals surface area contributed by atoms with Gasteiger partial charge in [-0.2, -0.15) is 0 Å². The predicted octanol–water partition coefficient (Wildman–Crippen LogP) is 1.44. The van der Waals surface area contributed by atoms with Crippen LogP contribution in [0.3, 0.4) is 0 Å². The molecule has 1 N–H and O–H groups in total. The number of methoxy groups -OCH3 is 1. The number of pyridine rings is 1. The van der Waals surface area contributed by atoms with E-state index in [9.17, 15) is 10.1 Å². The Bertz CT molecular complexity index is 326. The molecule has 6 nitrogen and oxygen atoms in total. The SMILES string of the molecule is COCC(C)Nc1ccc([N+](=O)[O-])cn1. The molecule has 1 heterocycles. The molecule has 82 valence electrons. The lowest BCUT2D eigenvalue weighted by Crippen LogP contribution is -2.21. The van der Waals surface area contributed by atoms with Gasteiger partial charge in [0.05, 0.1) is 11.5 Å². The second-order valence-corrected chi connectivity index (χ2v) is 3.16. The summed E-state index contributed by atoms with van der Waals surface area (Å²) >= 11 is 0. The summed E-state index contributed by atoms with van der Waals surface area (Å²) in [5.74, 6) is 0.602. The normalized spacial score (nSPS) is 12.1. The minimum Gasteiger partial charge on any atom is -0.383 e. The van der Waals surface area contributed by atoms with Crippen LogP contribution in [0.15, 0.2) is 18.3 Å². The Morgan fingerprint density at radius 2 is 2.40 bits per heavy atom. The van der Waals surface area contributed by atoms with Crippen LogP contribution in [0.4, 0.5) is 11.5 Å². The molecule has 6 heteroatoms. The molecular formula is C9H13N3O3. The number of nitro groups is 1. The monoisotopic (exact) mass is 211 g/mol. The van der Waals surface area contributed by atoms with Gasteiger partial charge in [-0.05, 0) is 13.0 Å². The van der Waals surface area contributed by atoms with Crippen molar-refractivity contribution in [3.8, 4) is 0 Å². The van der Waals surface area contributed by atoms with Gasteiger partial charge in [0.1, 0.15) is 12.0 Å². The molecule has 0 fully saturated rings. The van der Waals surface area contributed by atoms with Crippen LogP contribution >= 0.6 is 0 Å². The van der Waals surface area contributed by atoms with E-state index in [0.717, 1.165) is 0 Å².